The molecule has 0 aromatic carbocycles. The van der Waals surface area contributed by atoms with Crippen LogP contribution in [0.3, 0.4) is 0 Å². The predicted molar refractivity (Wildman–Crippen MR) is 57.1 cm³/mol. The number of rotatable bonds is 11. The number of nitrogens with one attached hydrogen (secondary N) is 1. The van der Waals surface area contributed by atoms with Gasteiger partial charge in [-0.3, -0.25) is 0 Å². The van der Waals surface area contributed by atoms with Crippen LogP contribution in [0, 0.1) is 0 Å². The van der Waals surface area contributed by atoms with Crippen LogP contribution in [-0.4, -0.2) is 59.4 Å². The van der Waals surface area contributed by atoms with Gasteiger partial charge in [0.25, 0.3) is 0 Å². The van der Waals surface area contributed by atoms with Gasteiger partial charge in [-0.2, -0.15) is 13.2 Å². The third kappa shape index (κ3) is 15.6. The molecule has 17 heavy (non-hydrogen) atoms. The molecule has 0 bridgehead atoms. The molecule has 104 valence electrons. The molecule has 0 saturated heterocycles. The summed E-state index contributed by atoms with van der Waals surface area (Å²) >= 11 is 0. The molecule has 0 fully saturated rings. The van der Waals surface area contributed by atoms with E-state index in [1.54, 1.807) is 7.11 Å². The van der Waals surface area contributed by atoms with Crippen LogP contribution in [0.2, 0.25) is 0 Å². The van der Waals surface area contributed by atoms with Gasteiger partial charge in [0.15, 0.2) is 0 Å². The van der Waals surface area contributed by atoms with Crippen LogP contribution in [0.25, 0.3) is 0 Å². The first-order valence-corrected chi connectivity index (χ1v) is 5.48. The van der Waals surface area contributed by atoms with Gasteiger partial charge in [0, 0.05) is 20.3 Å². The molecule has 0 aliphatic carbocycles. The van der Waals surface area contributed by atoms with Crippen molar-refractivity contribution in [2.24, 2.45) is 0 Å². The van der Waals surface area contributed by atoms with Crippen molar-refractivity contribution in [3.8, 4) is 0 Å². The molecule has 0 spiro atoms. The molecule has 4 nitrogen and oxygen atoms in total. The largest absolute Gasteiger partial charge is 0.411 e. The SMILES string of the molecule is COCCOCCNCCCOCC(F)(F)F. The van der Waals surface area contributed by atoms with Gasteiger partial charge in [0.05, 0.1) is 19.8 Å². The molecular formula is C10H20F3NO3. The first-order valence-electron chi connectivity index (χ1n) is 5.48. The van der Waals surface area contributed by atoms with E-state index in [-0.39, 0.29) is 6.61 Å². The van der Waals surface area contributed by atoms with Crippen molar-refractivity contribution < 1.29 is 27.4 Å². The highest BCUT2D eigenvalue weighted by Gasteiger charge is 2.26. The summed E-state index contributed by atoms with van der Waals surface area (Å²) in [4.78, 5) is 0. The van der Waals surface area contributed by atoms with E-state index in [1.165, 1.54) is 0 Å². The highest BCUT2D eigenvalue weighted by atomic mass is 19.4. The first-order chi connectivity index (χ1) is 8.06. The lowest BCUT2D eigenvalue weighted by molar-refractivity contribution is -0.173. The second-order valence-electron chi connectivity index (χ2n) is 3.38. The summed E-state index contributed by atoms with van der Waals surface area (Å²) in [6.45, 7) is 1.89. The van der Waals surface area contributed by atoms with Crippen molar-refractivity contribution >= 4 is 0 Å². The minimum Gasteiger partial charge on any atom is -0.382 e. The second kappa shape index (κ2) is 10.8. The Hall–Kier alpha value is -0.370. The van der Waals surface area contributed by atoms with Gasteiger partial charge in [-0.15, -0.1) is 0 Å². The maximum atomic E-state index is 11.7. The van der Waals surface area contributed by atoms with Crippen LogP contribution in [0.1, 0.15) is 6.42 Å². The Morgan fingerprint density at radius 2 is 1.71 bits per heavy atom. The fraction of sp³-hybridized carbons (Fsp3) is 1.00. The molecule has 0 atom stereocenters. The Morgan fingerprint density at radius 1 is 0.941 bits per heavy atom. The number of hydrogen-bond acceptors (Lipinski definition) is 4. The summed E-state index contributed by atoms with van der Waals surface area (Å²) in [5.74, 6) is 0. The predicted octanol–water partition coefficient (Wildman–Crippen LogP) is 1.21. The highest BCUT2D eigenvalue weighted by molar-refractivity contribution is 4.49. The zero-order valence-electron chi connectivity index (χ0n) is 10.0. The zero-order chi connectivity index (χ0) is 13.0. The normalized spacial score (nSPS) is 12.0. The van der Waals surface area contributed by atoms with Crippen molar-refractivity contribution in [3.63, 3.8) is 0 Å². The summed E-state index contributed by atoms with van der Waals surface area (Å²) in [5.41, 5.74) is 0. The molecule has 0 saturated carbocycles. The standard InChI is InChI=1S/C10H20F3NO3/c1-15-7-8-16-6-4-14-3-2-5-17-9-10(11,12)13/h14H,2-9H2,1H3. The third-order valence-electron chi connectivity index (χ3n) is 1.76. The zero-order valence-corrected chi connectivity index (χ0v) is 10.0. The van der Waals surface area contributed by atoms with Gasteiger partial charge >= 0.3 is 6.18 Å². The molecule has 0 radical (unpaired) electrons. The molecule has 7 heteroatoms. The maximum absolute atomic E-state index is 11.7. The van der Waals surface area contributed by atoms with E-state index in [9.17, 15) is 13.2 Å². The number of ether oxygens (including phenoxy) is 3. The van der Waals surface area contributed by atoms with Gasteiger partial charge in [-0.1, -0.05) is 0 Å². The Morgan fingerprint density at radius 3 is 2.35 bits per heavy atom. The van der Waals surface area contributed by atoms with Gasteiger partial charge in [0.1, 0.15) is 6.61 Å². The quantitative estimate of drug-likeness (QED) is 0.566. The lowest BCUT2D eigenvalue weighted by Crippen LogP contribution is -2.23. The highest BCUT2D eigenvalue weighted by Crippen LogP contribution is 2.14. The lowest BCUT2D eigenvalue weighted by atomic mass is 10.4. The van der Waals surface area contributed by atoms with Crippen LogP contribution >= 0.6 is 0 Å². The fourth-order valence-corrected chi connectivity index (χ4v) is 1.00. The summed E-state index contributed by atoms with van der Waals surface area (Å²) in [6.07, 6.45) is -3.68. The molecule has 0 aromatic heterocycles. The summed E-state index contributed by atoms with van der Waals surface area (Å²) in [5, 5.41) is 3.03. The molecule has 0 aromatic rings. The minimum absolute atomic E-state index is 0.108. The molecule has 0 amide bonds. The smallest absolute Gasteiger partial charge is 0.382 e. The Labute approximate surface area is 99.4 Å². The van der Waals surface area contributed by atoms with E-state index in [4.69, 9.17) is 9.47 Å². The van der Waals surface area contributed by atoms with Crippen molar-refractivity contribution in [2.75, 3.05) is 53.2 Å². The van der Waals surface area contributed by atoms with Crippen LogP contribution in [0.15, 0.2) is 0 Å². The topological polar surface area (TPSA) is 39.7 Å². The molecule has 0 aliphatic heterocycles. The monoisotopic (exact) mass is 259 g/mol. The molecule has 0 aliphatic rings. The van der Waals surface area contributed by atoms with Crippen LogP contribution in [0.4, 0.5) is 13.2 Å². The van der Waals surface area contributed by atoms with E-state index < -0.39 is 12.8 Å². The van der Waals surface area contributed by atoms with Gasteiger partial charge < -0.3 is 19.5 Å². The Balaban J connectivity index is 2.99. The fourth-order valence-electron chi connectivity index (χ4n) is 1.00. The molecule has 1 N–H and O–H groups in total. The van der Waals surface area contributed by atoms with E-state index in [0.717, 1.165) is 0 Å². The number of alkyl halides is 3. The minimum atomic E-state index is -4.23. The van der Waals surface area contributed by atoms with Gasteiger partial charge in [-0.25, -0.2) is 0 Å². The average Bonchev–Trinajstić information content (AvgIpc) is 2.24. The van der Waals surface area contributed by atoms with Crippen molar-refractivity contribution in [1.29, 1.82) is 0 Å². The van der Waals surface area contributed by atoms with Crippen molar-refractivity contribution in [2.45, 2.75) is 12.6 Å². The average molecular weight is 259 g/mol. The number of methoxy groups -OCH3 is 1. The van der Waals surface area contributed by atoms with Crippen molar-refractivity contribution in [1.82, 2.24) is 5.32 Å². The summed E-state index contributed by atoms with van der Waals surface area (Å²) in [6, 6.07) is 0. The van der Waals surface area contributed by atoms with Gasteiger partial charge in [0.2, 0.25) is 0 Å². The second-order valence-corrected chi connectivity index (χ2v) is 3.38. The Kier molecular flexibility index (Phi) is 10.5. The lowest BCUT2D eigenvalue weighted by Gasteiger charge is -2.08. The van der Waals surface area contributed by atoms with E-state index in [0.29, 0.717) is 39.3 Å². The van der Waals surface area contributed by atoms with E-state index >= 15 is 0 Å². The number of hydrogen-bond donors (Lipinski definition) is 1. The van der Waals surface area contributed by atoms with Crippen molar-refractivity contribution in [3.05, 3.63) is 0 Å². The van der Waals surface area contributed by atoms with Crippen LogP contribution < -0.4 is 5.32 Å². The maximum Gasteiger partial charge on any atom is 0.411 e. The molecule has 0 unspecified atom stereocenters. The Bertz CT molecular complexity index is 167. The third-order valence-corrected chi connectivity index (χ3v) is 1.76. The molecule has 0 heterocycles. The number of halogens is 3. The van der Waals surface area contributed by atoms with Gasteiger partial charge in [-0.05, 0) is 13.0 Å². The van der Waals surface area contributed by atoms with E-state index in [1.807, 2.05) is 0 Å². The van der Waals surface area contributed by atoms with E-state index in [2.05, 4.69) is 10.1 Å². The molecule has 0 rings (SSSR count). The summed E-state index contributed by atoms with van der Waals surface area (Å²) in [7, 11) is 1.60. The van der Waals surface area contributed by atoms with Crippen LogP contribution in [0.5, 0.6) is 0 Å². The van der Waals surface area contributed by atoms with Crippen LogP contribution in [-0.2, 0) is 14.2 Å². The first kappa shape index (κ1) is 16.6. The summed E-state index contributed by atoms with van der Waals surface area (Å²) < 4.78 is 49.4. The molecular weight excluding hydrogens is 239 g/mol.